The average molecular weight is 1010 g/mol. The highest BCUT2D eigenvalue weighted by molar-refractivity contribution is 7.43. The summed E-state index contributed by atoms with van der Waals surface area (Å²) in [5.41, 5.74) is 18.9. The fraction of sp³-hybridized carbons (Fsp3) is 0.0833. The second-order valence-electron chi connectivity index (χ2n) is 18.4. The molecule has 0 saturated carbocycles. The van der Waals surface area contributed by atoms with E-state index < -0.39 is 8.60 Å². The highest BCUT2D eigenvalue weighted by atomic mass is 31.2. The monoisotopic (exact) mass is 1010 g/mol. The first-order chi connectivity index (χ1) is 37.5. The normalized spacial score (nSPS) is 10.9. The van der Waals surface area contributed by atoms with Crippen molar-refractivity contribution in [3.63, 3.8) is 0 Å². The zero-order valence-corrected chi connectivity index (χ0v) is 44.1. The fourth-order valence-electron chi connectivity index (χ4n) is 10.3. The molecule has 9 aromatic rings. The van der Waals surface area contributed by atoms with Gasteiger partial charge in [-0.25, -0.2) is 0 Å². The zero-order valence-electron chi connectivity index (χ0n) is 43.2. The standard InChI is InChI=1S/C72H63O3P/c1-7-28-52-34-13-19-40-58(52)64-46-25-49-67(70(64)61-43-22-16-37-55(61)31-10-4)73-76(74-68-50-26-47-65(59-41-20-14-35-53(59)29-8-2)71(68)62-44-23-17-38-56(62)32-11-5)75-69-51-27-48-66(60-42-21-15-36-54(60)30-9-3)72(69)63-45-24-18-39-57(63)33-12-6/h7-27,34-51H,1-6,28-33H2. The van der Waals surface area contributed by atoms with E-state index >= 15 is 0 Å². The molecule has 0 atom stereocenters. The van der Waals surface area contributed by atoms with Gasteiger partial charge in [-0.2, -0.15) is 0 Å². The molecule has 0 N–H and O–H groups in total. The van der Waals surface area contributed by atoms with E-state index in [2.05, 4.69) is 221 Å². The van der Waals surface area contributed by atoms with Crippen molar-refractivity contribution in [3.05, 3.63) is 310 Å². The molecule has 374 valence electrons. The fourth-order valence-corrected chi connectivity index (χ4v) is 11.3. The van der Waals surface area contributed by atoms with Crippen LogP contribution in [0.2, 0.25) is 0 Å². The van der Waals surface area contributed by atoms with Crippen molar-refractivity contribution in [3.8, 4) is 84.0 Å². The number of benzene rings is 9. The highest BCUT2D eigenvalue weighted by Gasteiger charge is 2.30. The molecule has 4 heteroatoms. The van der Waals surface area contributed by atoms with E-state index in [0.29, 0.717) is 55.8 Å². The summed E-state index contributed by atoms with van der Waals surface area (Å²) in [7, 11) is -2.36. The van der Waals surface area contributed by atoms with Gasteiger partial charge in [-0.3, -0.25) is 0 Å². The molecule has 0 heterocycles. The topological polar surface area (TPSA) is 27.7 Å². The van der Waals surface area contributed by atoms with Crippen LogP contribution in [-0.4, -0.2) is 0 Å². The number of hydrogen-bond acceptors (Lipinski definition) is 3. The predicted molar refractivity (Wildman–Crippen MR) is 324 cm³/mol. The predicted octanol–water partition coefficient (Wildman–Crippen LogP) is 19.8. The van der Waals surface area contributed by atoms with E-state index in [1.807, 2.05) is 54.7 Å². The third kappa shape index (κ3) is 11.5. The van der Waals surface area contributed by atoms with E-state index in [1.54, 1.807) is 0 Å². The number of hydrogen-bond donors (Lipinski definition) is 0. The molecule has 76 heavy (non-hydrogen) atoms. The lowest BCUT2D eigenvalue weighted by molar-refractivity contribution is 0.390. The Kier molecular flexibility index (Phi) is 17.5. The van der Waals surface area contributed by atoms with Crippen LogP contribution in [-0.2, 0) is 38.5 Å². The first-order valence-corrected chi connectivity index (χ1v) is 27.0. The van der Waals surface area contributed by atoms with Gasteiger partial charge in [0.1, 0.15) is 17.2 Å². The van der Waals surface area contributed by atoms with Crippen molar-refractivity contribution >= 4 is 8.60 Å². The lowest BCUT2D eigenvalue weighted by Gasteiger charge is -2.26. The van der Waals surface area contributed by atoms with E-state index in [1.165, 1.54) is 0 Å². The summed E-state index contributed by atoms with van der Waals surface area (Å²) in [4.78, 5) is 0. The van der Waals surface area contributed by atoms with Gasteiger partial charge in [0.25, 0.3) is 0 Å². The van der Waals surface area contributed by atoms with Gasteiger partial charge in [0.2, 0.25) is 0 Å². The van der Waals surface area contributed by atoms with Gasteiger partial charge in [-0.05, 0) is 140 Å². The summed E-state index contributed by atoms with van der Waals surface area (Å²) < 4.78 is 22.7. The van der Waals surface area contributed by atoms with Crippen molar-refractivity contribution in [1.29, 1.82) is 0 Å². The van der Waals surface area contributed by atoms with E-state index in [9.17, 15) is 0 Å². The molecular formula is C72H63O3P. The minimum absolute atomic E-state index is 0.607. The summed E-state index contributed by atoms with van der Waals surface area (Å²) in [5.74, 6) is 1.82. The first kappa shape index (κ1) is 52.1. The van der Waals surface area contributed by atoms with E-state index in [0.717, 1.165) is 100 Å². The molecule has 0 aliphatic carbocycles. The molecule has 0 aliphatic heterocycles. The van der Waals surface area contributed by atoms with Gasteiger partial charge in [0.15, 0.2) is 0 Å². The molecule has 9 aromatic carbocycles. The van der Waals surface area contributed by atoms with Gasteiger partial charge in [0.05, 0.1) is 0 Å². The molecule has 0 fully saturated rings. The maximum Gasteiger partial charge on any atom is 0.530 e. The van der Waals surface area contributed by atoms with E-state index in [4.69, 9.17) is 13.6 Å². The van der Waals surface area contributed by atoms with Gasteiger partial charge < -0.3 is 13.6 Å². The molecule has 0 amide bonds. The maximum atomic E-state index is 7.57. The van der Waals surface area contributed by atoms with Crippen molar-refractivity contribution < 1.29 is 13.6 Å². The molecule has 0 unspecified atom stereocenters. The van der Waals surface area contributed by atoms with Crippen LogP contribution in [0.4, 0.5) is 0 Å². The summed E-state index contributed by atoms with van der Waals surface area (Å²) in [5, 5.41) is 0. The Morgan fingerprint density at radius 2 is 0.434 bits per heavy atom. The van der Waals surface area contributed by atoms with Crippen LogP contribution in [0.1, 0.15) is 33.4 Å². The Labute approximate surface area is 451 Å². The second kappa shape index (κ2) is 25.5. The van der Waals surface area contributed by atoms with Crippen molar-refractivity contribution in [1.82, 2.24) is 0 Å². The summed E-state index contributed by atoms with van der Waals surface area (Å²) in [6.45, 7) is 24.9. The molecule has 0 aromatic heterocycles. The molecule has 9 rings (SSSR count). The third-order valence-electron chi connectivity index (χ3n) is 13.6. The van der Waals surface area contributed by atoms with Crippen LogP contribution >= 0.6 is 8.60 Å². The van der Waals surface area contributed by atoms with Crippen LogP contribution in [0, 0.1) is 0 Å². The highest BCUT2D eigenvalue weighted by Crippen LogP contribution is 2.54. The van der Waals surface area contributed by atoms with Crippen LogP contribution in [0.5, 0.6) is 17.2 Å². The minimum Gasteiger partial charge on any atom is -0.408 e. The molecule has 0 aliphatic rings. The molecule has 3 nitrogen and oxygen atoms in total. The molecule has 0 bridgehead atoms. The quantitative estimate of drug-likeness (QED) is 0.0446. The lowest BCUT2D eigenvalue weighted by atomic mass is 9.88. The maximum absolute atomic E-state index is 7.57. The average Bonchev–Trinajstić information content (AvgIpc) is 3.46. The molecule has 0 radical (unpaired) electrons. The first-order valence-electron chi connectivity index (χ1n) is 25.9. The summed E-state index contributed by atoms with van der Waals surface area (Å²) in [6, 6.07) is 69.8. The van der Waals surface area contributed by atoms with E-state index in [-0.39, 0.29) is 0 Å². The molecule has 0 saturated heterocycles. The SMILES string of the molecule is C=CCc1ccccc1-c1cccc(OP(Oc2cccc(-c3ccccc3CC=C)c2-c2ccccc2CC=C)Oc2cccc(-c3ccccc3CC=C)c2-c2ccccc2CC=C)c1-c1ccccc1CC=C. The Morgan fingerprint density at radius 1 is 0.237 bits per heavy atom. The van der Waals surface area contributed by atoms with Crippen LogP contribution < -0.4 is 13.6 Å². The van der Waals surface area contributed by atoms with Gasteiger partial charge in [-0.15, -0.1) is 39.5 Å². The lowest BCUT2D eigenvalue weighted by Crippen LogP contribution is -2.07. The Balaban J connectivity index is 1.33. The van der Waals surface area contributed by atoms with Gasteiger partial charge >= 0.3 is 8.60 Å². The van der Waals surface area contributed by atoms with Crippen molar-refractivity contribution in [2.75, 3.05) is 0 Å². The van der Waals surface area contributed by atoms with Crippen LogP contribution in [0.25, 0.3) is 66.8 Å². The van der Waals surface area contributed by atoms with Crippen molar-refractivity contribution in [2.24, 2.45) is 0 Å². The Morgan fingerprint density at radius 3 is 0.671 bits per heavy atom. The largest absolute Gasteiger partial charge is 0.530 e. The summed E-state index contributed by atoms with van der Waals surface area (Å²) in [6.07, 6.45) is 15.7. The van der Waals surface area contributed by atoms with Crippen molar-refractivity contribution in [2.45, 2.75) is 38.5 Å². The minimum atomic E-state index is -2.36. The smallest absolute Gasteiger partial charge is 0.408 e. The van der Waals surface area contributed by atoms with Gasteiger partial charge in [-0.1, -0.05) is 218 Å². The third-order valence-corrected chi connectivity index (χ3v) is 14.6. The second-order valence-corrected chi connectivity index (χ2v) is 19.4. The molecular weight excluding hydrogens is 944 g/mol. The Bertz CT molecular complexity index is 3190. The summed E-state index contributed by atoms with van der Waals surface area (Å²) >= 11 is 0. The Hall–Kier alpha value is -8.75. The number of allylic oxidation sites excluding steroid dienone is 6. The number of rotatable bonds is 24. The van der Waals surface area contributed by atoms with Crippen LogP contribution in [0.15, 0.2) is 276 Å². The molecule has 0 spiro atoms. The zero-order chi connectivity index (χ0) is 52.6. The van der Waals surface area contributed by atoms with Crippen LogP contribution in [0.3, 0.4) is 0 Å². The van der Waals surface area contributed by atoms with Gasteiger partial charge in [0, 0.05) is 16.7 Å².